The van der Waals surface area contributed by atoms with Crippen LogP contribution in [-0.4, -0.2) is 30.4 Å². The molecule has 1 N–H and O–H groups in total. The van der Waals surface area contributed by atoms with E-state index in [9.17, 15) is 9.18 Å². The second kappa shape index (κ2) is 7.90. The van der Waals surface area contributed by atoms with E-state index in [4.69, 9.17) is 0 Å². The van der Waals surface area contributed by atoms with E-state index in [1.165, 1.54) is 22.6 Å². The van der Waals surface area contributed by atoms with Crippen LogP contribution in [0.2, 0.25) is 0 Å². The van der Waals surface area contributed by atoms with Crippen molar-refractivity contribution in [1.82, 2.24) is 10.2 Å². The maximum Gasteiger partial charge on any atom is 0.237 e. The van der Waals surface area contributed by atoms with Gasteiger partial charge >= 0.3 is 0 Å². The third-order valence-electron chi connectivity index (χ3n) is 4.46. The maximum absolute atomic E-state index is 13.3. The van der Waals surface area contributed by atoms with Gasteiger partial charge in [-0.1, -0.05) is 25.5 Å². The molecule has 2 aromatic rings. The van der Waals surface area contributed by atoms with Crippen molar-refractivity contribution in [2.75, 3.05) is 19.6 Å². The van der Waals surface area contributed by atoms with Crippen LogP contribution in [-0.2, 0) is 11.2 Å². The van der Waals surface area contributed by atoms with Crippen LogP contribution in [0.15, 0.2) is 35.7 Å². The van der Waals surface area contributed by atoms with Gasteiger partial charge in [0.2, 0.25) is 5.91 Å². The van der Waals surface area contributed by atoms with E-state index in [0.29, 0.717) is 13.1 Å². The van der Waals surface area contributed by atoms with Crippen molar-refractivity contribution in [1.29, 1.82) is 0 Å². The molecule has 1 atom stereocenters. The number of carbonyl (C=O) groups is 1. The van der Waals surface area contributed by atoms with Crippen molar-refractivity contribution in [3.05, 3.63) is 57.5 Å². The van der Waals surface area contributed by atoms with Crippen LogP contribution in [0.3, 0.4) is 0 Å². The third-order valence-corrected chi connectivity index (χ3v) is 5.45. The molecular weight excluding hydrogens is 323 g/mol. The number of nitrogens with one attached hydrogen (secondary N) is 1. The van der Waals surface area contributed by atoms with Gasteiger partial charge in [-0.15, -0.1) is 11.3 Å². The molecular formula is C19H23FN2OS. The average molecular weight is 346 g/mol. The molecule has 0 saturated heterocycles. The molecule has 0 bridgehead atoms. The number of amides is 1. The molecule has 1 amide bonds. The number of thiophene rings is 1. The molecule has 1 aliphatic heterocycles. The van der Waals surface area contributed by atoms with Gasteiger partial charge in [0.25, 0.3) is 0 Å². The topological polar surface area (TPSA) is 32.3 Å². The highest BCUT2D eigenvalue weighted by atomic mass is 32.1. The summed E-state index contributed by atoms with van der Waals surface area (Å²) in [4.78, 5) is 16.0. The Morgan fingerprint density at radius 2 is 2.12 bits per heavy atom. The van der Waals surface area contributed by atoms with Crippen molar-refractivity contribution < 1.29 is 9.18 Å². The fraction of sp³-hybridized carbons (Fsp3) is 0.421. The van der Waals surface area contributed by atoms with Gasteiger partial charge in [0.15, 0.2) is 0 Å². The van der Waals surface area contributed by atoms with E-state index in [0.717, 1.165) is 31.4 Å². The van der Waals surface area contributed by atoms with Crippen LogP contribution in [0.5, 0.6) is 0 Å². The predicted octanol–water partition coefficient (Wildman–Crippen LogP) is 3.75. The third kappa shape index (κ3) is 3.68. The smallest absolute Gasteiger partial charge is 0.237 e. The number of hydrogen-bond acceptors (Lipinski definition) is 3. The van der Waals surface area contributed by atoms with Crippen LogP contribution in [0.4, 0.5) is 4.39 Å². The molecule has 3 rings (SSSR count). The SMILES string of the molecule is CCCCNCC(=O)N1CCc2sccc2[C@@H]1c1ccc(F)cc1. The summed E-state index contributed by atoms with van der Waals surface area (Å²) in [6.07, 6.45) is 3.08. The molecule has 1 aromatic carbocycles. The first-order valence-corrected chi connectivity index (χ1v) is 9.40. The zero-order valence-electron chi connectivity index (χ0n) is 13.9. The minimum atomic E-state index is -0.251. The Labute approximate surface area is 146 Å². The molecule has 0 unspecified atom stereocenters. The molecule has 3 nitrogen and oxygen atoms in total. The molecule has 128 valence electrons. The van der Waals surface area contributed by atoms with E-state index < -0.39 is 0 Å². The molecule has 0 aliphatic carbocycles. The van der Waals surface area contributed by atoms with E-state index in [1.807, 2.05) is 4.90 Å². The van der Waals surface area contributed by atoms with Gasteiger partial charge in [0, 0.05) is 11.4 Å². The molecule has 5 heteroatoms. The summed E-state index contributed by atoms with van der Waals surface area (Å²) in [5, 5.41) is 5.31. The molecule has 2 heterocycles. The predicted molar refractivity (Wildman–Crippen MR) is 95.8 cm³/mol. The van der Waals surface area contributed by atoms with Crippen LogP contribution >= 0.6 is 11.3 Å². The Morgan fingerprint density at radius 1 is 1.33 bits per heavy atom. The van der Waals surface area contributed by atoms with Crippen molar-refractivity contribution in [2.45, 2.75) is 32.2 Å². The normalized spacial score (nSPS) is 16.9. The standard InChI is InChI=1S/C19H23FN2OS/c1-2-3-10-21-13-18(23)22-11-8-17-16(9-12-24-17)19(22)14-4-6-15(20)7-5-14/h4-7,9,12,19,21H,2-3,8,10-11,13H2,1H3/t19-/m0/s1. The molecule has 0 radical (unpaired) electrons. The number of nitrogens with zero attached hydrogens (tertiary/aromatic N) is 1. The van der Waals surface area contributed by atoms with Gasteiger partial charge in [0.05, 0.1) is 12.6 Å². The largest absolute Gasteiger partial charge is 0.330 e. The Balaban J connectivity index is 1.82. The number of benzene rings is 1. The molecule has 24 heavy (non-hydrogen) atoms. The number of unbranched alkanes of at least 4 members (excludes halogenated alkanes) is 1. The van der Waals surface area contributed by atoms with Crippen molar-refractivity contribution in [3.8, 4) is 0 Å². The minimum Gasteiger partial charge on any atom is -0.330 e. The van der Waals surface area contributed by atoms with Crippen molar-refractivity contribution in [3.63, 3.8) is 0 Å². The monoisotopic (exact) mass is 346 g/mol. The first-order valence-electron chi connectivity index (χ1n) is 8.52. The number of rotatable bonds is 6. The Morgan fingerprint density at radius 3 is 2.88 bits per heavy atom. The van der Waals surface area contributed by atoms with E-state index in [2.05, 4.69) is 23.7 Å². The minimum absolute atomic E-state index is 0.109. The summed E-state index contributed by atoms with van der Waals surface area (Å²) in [5.74, 6) is -0.142. The average Bonchev–Trinajstić information content (AvgIpc) is 3.07. The lowest BCUT2D eigenvalue weighted by Gasteiger charge is -2.36. The van der Waals surface area contributed by atoms with E-state index in [-0.39, 0.29) is 17.8 Å². The van der Waals surface area contributed by atoms with Gasteiger partial charge in [-0.05, 0) is 54.1 Å². The van der Waals surface area contributed by atoms with Crippen molar-refractivity contribution >= 4 is 17.2 Å². The van der Waals surface area contributed by atoms with Gasteiger partial charge < -0.3 is 10.2 Å². The Hall–Kier alpha value is -1.72. The van der Waals surface area contributed by atoms with Gasteiger partial charge in [-0.25, -0.2) is 4.39 Å². The van der Waals surface area contributed by atoms with Crippen molar-refractivity contribution in [2.24, 2.45) is 0 Å². The summed E-state index contributed by atoms with van der Waals surface area (Å²) >= 11 is 1.74. The maximum atomic E-state index is 13.3. The number of halogens is 1. The van der Waals surface area contributed by atoms with Crippen LogP contribution in [0, 0.1) is 5.82 Å². The molecule has 0 saturated carbocycles. The summed E-state index contributed by atoms with van der Waals surface area (Å²) in [6.45, 7) is 4.07. The number of hydrogen-bond donors (Lipinski definition) is 1. The Kier molecular flexibility index (Phi) is 5.63. The summed E-state index contributed by atoms with van der Waals surface area (Å²) in [7, 11) is 0. The summed E-state index contributed by atoms with van der Waals surface area (Å²) in [6, 6.07) is 8.50. The zero-order chi connectivity index (χ0) is 16.9. The Bertz CT molecular complexity index is 683. The lowest BCUT2D eigenvalue weighted by molar-refractivity contribution is -0.132. The highest BCUT2D eigenvalue weighted by Crippen LogP contribution is 2.37. The van der Waals surface area contributed by atoms with Gasteiger partial charge in [-0.3, -0.25) is 4.79 Å². The molecule has 1 aliphatic rings. The van der Waals surface area contributed by atoms with E-state index in [1.54, 1.807) is 23.5 Å². The molecule has 0 fully saturated rings. The first kappa shape index (κ1) is 17.1. The van der Waals surface area contributed by atoms with E-state index >= 15 is 0 Å². The first-order chi connectivity index (χ1) is 11.7. The quantitative estimate of drug-likeness (QED) is 0.808. The highest BCUT2D eigenvalue weighted by Gasteiger charge is 2.32. The van der Waals surface area contributed by atoms with Crippen LogP contribution in [0.25, 0.3) is 0 Å². The fourth-order valence-corrected chi connectivity index (χ4v) is 4.09. The lowest BCUT2D eigenvalue weighted by atomic mass is 9.93. The fourth-order valence-electron chi connectivity index (χ4n) is 3.19. The number of carbonyl (C=O) groups excluding carboxylic acids is 1. The second-order valence-corrected chi connectivity index (χ2v) is 7.12. The van der Waals surface area contributed by atoms with Gasteiger partial charge in [-0.2, -0.15) is 0 Å². The summed E-state index contributed by atoms with van der Waals surface area (Å²) in [5.41, 5.74) is 2.15. The summed E-state index contributed by atoms with van der Waals surface area (Å²) < 4.78 is 13.3. The molecule has 1 aromatic heterocycles. The van der Waals surface area contributed by atoms with Crippen LogP contribution < -0.4 is 5.32 Å². The second-order valence-electron chi connectivity index (χ2n) is 6.12. The van der Waals surface area contributed by atoms with Crippen LogP contribution in [0.1, 0.15) is 41.8 Å². The van der Waals surface area contributed by atoms with Gasteiger partial charge in [0.1, 0.15) is 5.82 Å². The molecule has 0 spiro atoms. The lowest BCUT2D eigenvalue weighted by Crippen LogP contribution is -2.44. The zero-order valence-corrected chi connectivity index (χ0v) is 14.7. The highest BCUT2D eigenvalue weighted by molar-refractivity contribution is 7.10. The number of fused-ring (bicyclic) bond motifs is 1.